The summed E-state index contributed by atoms with van der Waals surface area (Å²) in [6.07, 6.45) is 1.40. The predicted molar refractivity (Wildman–Crippen MR) is 86.1 cm³/mol. The summed E-state index contributed by atoms with van der Waals surface area (Å²) in [5, 5.41) is 2.20. The summed E-state index contributed by atoms with van der Waals surface area (Å²) >= 11 is 0. The van der Waals surface area contributed by atoms with E-state index in [2.05, 4.69) is 5.32 Å². The molecule has 7 heteroatoms. The zero-order valence-corrected chi connectivity index (χ0v) is 13.3. The van der Waals surface area contributed by atoms with Gasteiger partial charge in [-0.15, -0.1) is 0 Å². The van der Waals surface area contributed by atoms with Crippen LogP contribution < -0.4 is 11.1 Å². The van der Waals surface area contributed by atoms with Gasteiger partial charge in [0.2, 0.25) is 5.91 Å². The second-order valence-electron chi connectivity index (χ2n) is 5.55. The number of amides is 2. The lowest BCUT2D eigenvalue weighted by Crippen LogP contribution is -2.45. The maximum absolute atomic E-state index is 13.6. The Morgan fingerprint density at radius 3 is 2.20 bits per heavy atom. The number of nitrogens with two attached hydrogens (primary N) is 1. The fourth-order valence-corrected chi connectivity index (χ4v) is 2.43. The predicted octanol–water partition coefficient (Wildman–Crippen LogP) is 2.71. The highest BCUT2D eigenvalue weighted by atomic mass is 19.1. The fraction of sp³-hybridized carbons (Fsp3) is 0.222. The van der Waals surface area contributed by atoms with Crippen LogP contribution in [-0.2, 0) is 11.2 Å². The molecular weight excluding hydrogens is 333 g/mol. The van der Waals surface area contributed by atoms with Crippen LogP contribution in [0.5, 0.6) is 0 Å². The summed E-state index contributed by atoms with van der Waals surface area (Å²) < 4.78 is 40.2. The third-order valence-corrected chi connectivity index (χ3v) is 3.68. The summed E-state index contributed by atoms with van der Waals surface area (Å²) in [6.45, 7) is 0. The number of aryl methyl sites for hydroxylation is 1. The van der Waals surface area contributed by atoms with Crippen LogP contribution in [0.15, 0.2) is 42.5 Å². The Hall–Kier alpha value is -2.83. The molecule has 2 rings (SSSR count). The first-order valence-electron chi connectivity index (χ1n) is 7.67. The lowest BCUT2D eigenvalue weighted by atomic mass is 10.0. The van der Waals surface area contributed by atoms with Crippen molar-refractivity contribution in [3.63, 3.8) is 0 Å². The average Bonchev–Trinajstić information content (AvgIpc) is 2.53. The third kappa shape index (κ3) is 5.07. The van der Waals surface area contributed by atoms with Gasteiger partial charge in [-0.05, 0) is 24.8 Å². The number of hydrogen-bond acceptors (Lipinski definition) is 2. The fourth-order valence-electron chi connectivity index (χ4n) is 2.43. The van der Waals surface area contributed by atoms with E-state index in [-0.39, 0.29) is 6.42 Å². The zero-order chi connectivity index (χ0) is 18.4. The number of primary amides is 1. The number of carbonyl (C=O) groups excluding carboxylic acids is 2. The van der Waals surface area contributed by atoms with Gasteiger partial charge in [0.05, 0.1) is 0 Å². The smallest absolute Gasteiger partial charge is 0.257 e. The maximum Gasteiger partial charge on any atom is 0.257 e. The molecular formula is C18H17F3N2O2. The molecule has 1 atom stereocenters. The van der Waals surface area contributed by atoms with E-state index in [9.17, 15) is 22.8 Å². The normalized spacial score (nSPS) is 11.8. The molecule has 2 amide bonds. The first-order chi connectivity index (χ1) is 11.9. The van der Waals surface area contributed by atoms with Crippen LogP contribution in [0.1, 0.15) is 28.8 Å². The summed E-state index contributed by atoms with van der Waals surface area (Å²) in [6, 6.07) is 9.18. The van der Waals surface area contributed by atoms with Crippen LogP contribution in [0.3, 0.4) is 0 Å². The molecule has 0 aliphatic carbocycles. The highest BCUT2D eigenvalue weighted by molar-refractivity contribution is 5.97. The van der Waals surface area contributed by atoms with Crippen molar-refractivity contribution in [1.82, 2.24) is 5.32 Å². The van der Waals surface area contributed by atoms with Crippen molar-refractivity contribution in [2.45, 2.75) is 25.3 Å². The van der Waals surface area contributed by atoms with E-state index in [0.717, 1.165) is 5.56 Å². The van der Waals surface area contributed by atoms with Gasteiger partial charge in [0.1, 0.15) is 29.1 Å². The molecule has 0 heterocycles. The van der Waals surface area contributed by atoms with Crippen LogP contribution in [-0.4, -0.2) is 17.9 Å². The van der Waals surface area contributed by atoms with Gasteiger partial charge in [0.15, 0.2) is 0 Å². The number of halogens is 3. The first-order valence-corrected chi connectivity index (χ1v) is 7.67. The van der Waals surface area contributed by atoms with Crippen molar-refractivity contribution in [3.05, 3.63) is 71.0 Å². The molecule has 0 radical (unpaired) electrons. The van der Waals surface area contributed by atoms with Crippen molar-refractivity contribution in [1.29, 1.82) is 0 Å². The molecule has 0 unspecified atom stereocenters. The second kappa shape index (κ2) is 8.32. The van der Waals surface area contributed by atoms with Gasteiger partial charge >= 0.3 is 0 Å². The number of rotatable bonds is 7. The van der Waals surface area contributed by atoms with Crippen LogP contribution in [0.25, 0.3) is 0 Å². The van der Waals surface area contributed by atoms with E-state index < -0.39 is 40.9 Å². The van der Waals surface area contributed by atoms with Crippen molar-refractivity contribution >= 4 is 11.8 Å². The summed E-state index contributed by atoms with van der Waals surface area (Å²) in [7, 11) is 0. The minimum absolute atomic E-state index is 0.209. The van der Waals surface area contributed by atoms with Crippen LogP contribution in [0.4, 0.5) is 13.2 Å². The van der Waals surface area contributed by atoms with Crippen LogP contribution >= 0.6 is 0 Å². The minimum Gasteiger partial charge on any atom is -0.368 e. The molecule has 2 aromatic carbocycles. The Kier molecular flexibility index (Phi) is 6.16. The quantitative estimate of drug-likeness (QED) is 0.806. The molecule has 0 bridgehead atoms. The van der Waals surface area contributed by atoms with Gasteiger partial charge in [0.25, 0.3) is 5.91 Å². The van der Waals surface area contributed by atoms with Crippen molar-refractivity contribution in [2.75, 3.05) is 0 Å². The largest absolute Gasteiger partial charge is 0.368 e. The molecule has 4 nitrogen and oxygen atoms in total. The number of carbonyl (C=O) groups is 2. The molecule has 132 valence electrons. The molecule has 0 fully saturated rings. The highest BCUT2D eigenvalue weighted by Gasteiger charge is 2.24. The molecule has 0 aromatic heterocycles. The number of nitrogens with one attached hydrogen (secondary N) is 1. The molecule has 0 aliphatic heterocycles. The van der Waals surface area contributed by atoms with E-state index in [1.807, 2.05) is 30.3 Å². The van der Waals surface area contributed by atoms with Crippen LogP contribution in [0.2, 0.25) is 0 Å². The van der Waals surface area contributed by atoms with Gasteiger partial charge in [-0.1, -0.05) is 30.3 Å². The highest BCUT2D eigenvalue weighted by Crippen LogP contribution is 2.15. The Balaban J connectivity index is 2.01. The zero-order valence-electron chi connectivity index (χ0n) is 13.3. The Morgan fingerprint density at radius 1 is 1.04 bits per heavy atom. The van der Waals surface area contributed by atoms with E-state index in [1.54, 1.807) is 0 Å². The monoisotopic (exact) mass is 350 g/mol. The topological polar surface area (TPSA) is 72.2 Å². The SMILES string of the molecule is NC(=O)[C@H](CCCc1ccccc1)NC(=O)c1c(F)cc(F)cc1F. The van der Waals surface area contributed by atoms with Gasteiger partial charge in [-0.25, -0.2) is 13.2 Å². The molecule has 3 N–H and O–H groups in total. The lowest BCUT2D eigenvalue weighted by Gasteiger charge is -2.16. The van der Waals surface area contributed by atoms with Crippen molar-refractivity contribution < 1.29 is 22.8 Å². The molecule has 0 aliphatic rings. The van der Waals surface area contributed by atoms with Crippen LogP contribution in [0, 0.1) is 17.5 Å². The van der Waals surface area contributed by atoms with Gasteiger partial charge in [-0.2, -0.15) is 0 Å². The van der Waals surface area contributed by atoms with Gasteiger partial charge < -0.3 is 11.1 Å². The summed E-state index contributed by atoms with van der Waals surface area (Å²) in [5.74, 6) is -5.80. The second-order valence-corrected chi connectivity index (χ2v) is 5.55. The molecule has 0 spiro atoms. The van der Waals surface area contributed by atoms with Crippen molar-refractivity contribution in [2.24, 2.45) is 5.73 Å². The van der Waals surface area contributed by atoms with E-state index >= 15 is 0 Å². The van der Waals surface area contributed by atoms with E-state index in [1.165, 1.54) is 0 Å². The Bertz CT molecular complexity index is 743. The average molecular weight is 350 g/mol. The van der Waals surface area contributed by atoms with Gasteiger partial charge in [0, 0.05) is 12.1 Å². The maximum atomic E-state index is 13.6. The number of benzene rings is 2. The Morgan fingerprint density at radius 2 is 1.64 bits per heavy atom. The molecule has 2 aromatic rings. The van der Waals surface area contributed by atoms with E-state index in [0.29, 0.717) is 25.0 Å². The summed E-state index contributed by atoms with van der Waals surface area (Å²) in [5.41, 5.74) is 5.34. The molecule has 0 saturated heterocycles. The van der Waals surface area contributed by atoms with Gasteiger partial charge in [-0.3, -0.25) is 9.59 Å². The lowest BCUT2D eigenvalue weighted by molar-refractivity contribution is -0.120. The molecule has 0 saturated carbocycles. The van der Waals surface area contributed by atoms with E-state index in [4.69, 9.17) is 5.73 Å². The molecule has 25 heavy (non-hydrogen) atoms. The Labute approximate surface area is 142 Å². The number of hydrogen-bond donors (Lipinski definition) is 2. The summed E-state index contributed by atoms with van der Waals surface area (Å²) in [4.78, 5) is 23.5. The first kappa shape index (κ1) is 18.5. The third-order valence-electron chi connectivity index (χ3n) is 3.68. The minimum atomic E-state index is -1.34. The van der Waals surface area contributed by atoms with Crippen molar-refractivity contribution in [3.8, 4) is 0 Å². The standard InChI is InChI=1S/C18H17F3N2O2/c19-12-9-13(20)16(14(21)10-12)18(25)23-15(17(22)24)8-4-7-11-5-2-1-3-6-11/h1-3,5-6,9-10,15H,4,7-8H2,(H2,22,24)(H,23,25)/t15-/m0/s1.